The van der Waals surface area contributed by atoms with E-state index in [0.717, 1.165) is 19.3 Å². The molecular formula is C27H44N2O6. The van der Waals surface area contributed by atoms with Gasteiger partial charge in [-0.15, -0.1) is 6.58 Å². The van der Waals surface area contributed by atoms with E-state index in [4.69, 9.17) is 9.47 Å². The molecule has 8 nitrogen and oxygen atoms in total. The van der Waals surface area contributed by atoms with E-state index in [1.54, 1.807) is 22.8 Å². The van der Waals surface area contributed by atoms with Crippen molar-refractivity contribution in [2.24, 2.45) is 23.7 Å². The van der Waals surface area contributed by atoms with Gasteiger partial charge < -0.3 is 24.4 Å². The number of esters is 1. The Morgan fingerprint density at radius 3 is 2.60 bits per heavy atom. The molecule has 2 bridgehead atoms. The van der Waals surface area contributed by atoms with Crippen molar-refractivity contribution in [3.8, 4) is 0 Å². The zero-order valence-corrected chi connectivity index (χ0v) is 22.3. The van der Waals surface area contributed by atoms with E-state index in [2.05, 4.69) is 13.5 Å². The molecule has 2 amide bonds. The Labute approximate surface area is 210 Å². The van der Waals surface area contributed by atoms with Gasteiger partial charge in [0.25, 0.3) is 0 Å². The smallest absolute Gasteiger partial charge is 0.312 e. The van der Waals surface area contributed by atoms with Gasteiger partial charge in [-0.2, -0.15) is 0 Å². The molecule has 8 atom stereocenters. The normalized spacial score (nSPS) is 35.1. The summed E-state index contributed by atoms with van der Waals surface area (Å²) in [5.41, 5.74) is -2.03. The molecule has 1 N–H and O–H groups in total. The van der Waals surface area contributed by atoms with Crippen molar-refractivity contribution in [1.29, 1.82) is 0 Å². The summed E-state index contributed by atoms with van der Waals surface area (Å²) in [6, 6.07) is -1.46. The van der Waals surface area contributed by atoms with E-state index in [1.165, 1.54) is 0 Å². The number of hydrogen-bond acceptors (Lipinski definition) is 6. The number of carbonyl (C=O) groups excluding carboxylic acids is 3. The minimum atomic E-state index is -1.13. The Morgan fingerprint density at radius 2 is 2.06 bits per heavy atom. The SMILES string of the molecule is C=CCN(CCCC)C(=O)C1N([C@@H](CO)[C@@H](C)CC)C(=O)[C@@H]2[C@H](C(=O)OCC)[C@@]3(C)OC12CC3C. The summed E-state index contributed by atoms with van der Waals surface area (Å²) in [7, 11) is 0. The van der Waals surface area contributed by atoms with Gasteiger partial charge in [0.1, 0.15) is 17.6 Å². The van der Waals surface area contributed by atoms with Gasteiger partial charge in [-0.1, -0.05) is 46.6 Å². The second-order valence-electron chi connectivity index (χ2n) is 10.8. The number of rotatable bonds is 12. The van der Waals surface area contributed by atoms with Crippen molar-refractivity contribution in [2.45, 2.75) is 90.5 Å². The molecule has 0 aromatic rings. The van der Waals surface area contributed by atoms with Gasteiger partial charge in [0, 0.05) is 13.1 Å². The highest BCUT2D eigenvalue weighted by molar-refractivity contribution is 5.98. The Kier molecular flexibility index (Phi) is 8.37. The molecule has 3 rings (SSSR count). The lowest BCUT2D eigenvalue weighted by Crippen LogP contribution is -2.60. The van der Waals surface area contributed by atoms with Crippen molar-refractivity contribution < 1.29 is 29.0 Å². The van der Waals surface area contributed by atoms with Crippen molar-refractivity contribution in [1.82, 2.24) is 9.80 Å². The van der Waals surface area contributed by atoms with Crippen LogP contribution < -0.4 is 0 Å². The van der Waals surface area contributed by atoms with Crippen LogP contribution in [0.4, 0.5) is 0 Å². The van der Waals surface area contributed by atoms with Gasteiger partial charge in [-0.25, -0.2) is 0 Å². The van der Waals surface area contributed by atoms with E-state index >= 15 is 0 Å². The van der Waals surface area contributed by atoms with Crippen molar-refractivity contribution in [2.75, 3.05) is 26.3 Å². The van der Waals surface area contributed by atoms with Crippen LogP contribution in [0.25, 0.3) is 0 Å². The number of nitrogens with zero attached hydrogens (tertiary/aromatic N) is 2. The molecule has 0 aromatic heterocycles. The van der Waals surface area contributed by atoms with Crippen molar-refractivity contribution in [3.05, 3.63) is 12.7 Å². The highest BCUT2D eigenvalue weighted by Crippen LogP contribution is 2.65. The second kappa shape index (κ2) is 10.6. The number of aliphatic hydroxyl groups is 1. The molecule has 3 saturated heterocycles. The number of likely N-dealkylation sites (tertiary alicyclic amines) is 1. The van der Waals surface area contributed by atoms with Crippen LogP contribution in [0, 0.1) is 23.7 Å². The quantitative estimate of drug-likeness (QED) is 0.332. The molecule has 0 aromatic carbocycles. The lowest BCUT2D eigenvalue weighted by Gasteiger charge is -2.41. The first kappa shape index (κ1) is 27.7. The Balaban J connectivity index is 2.17. The van der Waals surface area contributed by atoms with Crippen LogP contribution in [-0.4, -0.2) is 82.3 Å². The predicted molar refractivity (Wildman–Crippen MR) is 132 cm³/mol. The third kappa shape index (κ3) is 4.20. The van der Waals surface area contributed by atoms with Gasteiger partial charge in [0.15, 0.2) is 0 Å². The Hall–Kier alpha value is -1.93. The van der Waals surface area contributed by atoms with Crippen LogP contribution in [-0.2, 0) is 23.9 Å². The first-order valence-electron chi connectivity index (χ1n) is 13.3. The van der Waals surface area contributed by atoms with Crippen LogP contribution in [0.5, 0.6) is 0 Å². The van der Waals surface area contributed by atoms with Gasteiger partial charge >= 0.3 is 5.97 Å². The maximum absolute atomic E-state index is 14.3. The summed E-state index contributed by atoms with van der Waals surface area (Å²) in [6.45, 7) is 16.4. The third-order valence-corrected chi connectivity index (χ3v) is 8.81. The molecule has 3 heterocycles. The van der Waals surface area contributed by atoms with Crippen molar-refractivity contribution >= 4 is 17.8 Å². The second-order valence-corrected chi connectivity index (χ2v) is 10.8. The summed E-state index contributed by atoms with van der Waals surface area (Å²) in [5, 5.41) is 10.4. The summed E-state index contributed by atoms with van der Waals surface area (Å²) in [6.07, 6.45) is 4.67. The third-order valence-electron chi connectivity index (χ3n) is 8.81. The molecule has 0 aliphatic carbocycles. The first-order chi connectivity index (χ1) is 16.6. The summed E-state index contributed by atoms with van der Waals surface area (Å²) < 4.78 is 12.1. The average Bonchev–Trinajstić information content (AvgIpc) is 3.34. The zero-order valence-electron chi connectivity index (χ0n) is 22.3. The minimum Gasteiger partial charge on any atom is -0.466 e. The molecule has 3 aliphatic heterocycles. The van der Waals surface area contributed by atoms with Gasteiger partial charge in [-0.3, -0.25) is 14.4 Å². The van der Waals surface area contributed by atoms with Crippen LogP contribution in [0.2, 0.25) is 0 Å². The topological polar surface area (TPSA) is 96.4 Å². The molecular weight excluding hydrogens is 448 g/mol. The fraction of sp³-hybridized carbons (Fsp3) is 0.815. The molecule has 198 valence electrons. The van der Waals surface area contributed by atoms with E-state index in [9.17, 15) is 19.5 Å². The molecule has 0 saturated carbocycles. The summed E-state index contributed by atoms with van der Waals surface area (Å²) in [4.78, 5) is 45.0. The summed E-state index contributed by atoms with van der Waals surface area (Å²) in [5.74, 6) is -2.62. The molecule has 1 spiro atoms. The molecule has 35 heavy (non-hydrogen) atoms. The Bertz CT molecular complexity index is 832. The number of fused-ring (bicyclic) bond motifs is 1. The Morgan fingerprint density at radius 1 is 1.37 bits per heavy atom. The molecule has 3 aliphatic rings. The number of carbonyl (C=O) groups is 3. The van der Waals surface area contributed by atoms with Crippen molar-refractivity contribution in [3.63, 3.8) is 0 Å². The van der Waals surface area contributed by atoms with E-state index in [0.29, 0.717) is 19.5 Å². The number of unbranched alkanes of at least 4 members (excludes halogenated alkanes) is 1. The average molecular weight is 493 g/mol. The predicted octanol–water partition coefficient (Wildman–Crippen LogP) is 2.78. The number of amides is 2. The number of hydrogen-bond donors (Lipinski definition) is 1. The first-order valence-corrected chi connectivity index (χ1v) is 13.3. The van der Waals surface area contributed by atoms with E-state index < -0.39 is 41.1 Å². The van der Waals surface area contributed by atoms with E-state index in [1.807, 2.05) is 27.7 Å². The van der Waals surface area contributed by atoms with Crippen LogP contribution in [0.3, 0.4) is 0 Å². The lowest BCUT2D eigenvalue weighted by atomic mass is 9.62. The fourth-order valence-corrected chi connectivity index (χ4v) is 6.69. The highest BCUT2D eigenvalue weighted by Gasteiger charge is 2.80. The van der Waals surface area contributed by atoms with Crippen LogP contribution >= 0.6 is 0 Å². The van der Waals surface area contributed by atoms with Crippen LogP contribution in [0.1, 0.15) is 67.2 Å². The number of aliphatic hydroxyl groups excluding tert-OH is 1. The van der Waals surface area contributed by atoms with Crippen LogP contribution in [0.15, 0.2) is 12.7 Å². The molecule has 3 fully saturated rings. The minimum absolute atomic E-state index is 0.0378. The fourth-order valence-electron chi connectivity index (χ4n) is 6.69. The molecule has 0 radical (unpaired) electrons. The standard InChI is InChI=1S/C27H44N2O6/c1-8-12-14-28(13-9-2)24(32)22-27-15-18(6)26(7,35-27)21(25(33)34-11-4)20(27)23(31)29(22)19(16-30)17(5)10-3/h9,17-22,30H,2,8,10-16H2,1,3-7H3/t17-,18?,19-,20-,21+,22?,26-,27?/m0/s1. The van der Waals surface area contributed by atoms with Gasteiger partial charge in [-0.05, 0) is 38.5 Å². The maximum Gasteiger partial charge on any atom is 0.312 e. The highest BCUT2D eigenvalue weighted by atomic mass is 16.6. The monoisotopic (exact) mass is 492 g/mol. The van der Waals surface area contributed by atoms with E-state index in [-0.39, 0.29) is 36.9 Å². The molecule has 8 heteroatoms. The lowest BCUT2D eigenvalue weighted by molar-refractivity contribution is -0.164. The largest absolute Gasteiger partial charge is 0.466 e. The summed E-state index contributed by atoms with van der Waals surface area (Å²) >= 11 is 0. The van der Waals surface area contributed by atoms with Gasteiger partial charge in [0.05, 0.1) is 30.8 Å². The maximum atomic E-state index is 14.3. The molecule has 3 unspecified atom stereocenters. The zero-order chi connectivity index (χ0) is 26.1. The number of ether oxygens (including phenoxy) is 2. The van der Waals surface area contributed by atoms with Gasteiger partial charge in [0.2, 0.25) is 11.8 Å².